The zero-order chi connectivity index (χ0) is 29.2. The van der Waals surface area contributed by atoms with Gasteiger partial charge < -0.3 is 10.2 Å². The van der Waals surface area contributed by atoms with Crippen molar-refractivity contribution < 1.29 is 19.3 Å². The SMILES string of the molecule is O=C(c1cccc([N+](=O)[O-])c1)[C@@H]1[C@@H]2C=Cc3ccccc3N2[C@H](C(=O)c2ccc(Br)cc2)[C@@]12C(=O)Nc1ccccc12. The van der Waals surface area contributed by atoms with Crippen molar-refractivity contribution in [2.24, 2.45) is 5.92 Å². The molecule has 4 aromatic carbocycles. The number of carbonyl (C=O) groups excluding carboxylic acids is 3. The van der Waals surface area contributed by atoms with Gasteiger partial charge in [-0.25, -0.2) is 0 Å². The summed E-state index contributed by atoms with van der Waals surface area (Å²) in [6, 6.07) is 25.4. The molecule has 8 nitrogen and oxygen atoms in total. The van der Waals surface area contributed by atoms with Crippen LogP contribution in [0.2, 0.25) is 0 Å². The van der Waals surface area contributed by atoms with Gasteiger partial charge in [0.15, 0.2) is 11.6 Å². The van der Waals surface area contributed by atoms with E-state index in [0.717, 1.165) is 15.7 Å². The molecule has 3 aliphatic rings. The number of para-hydroxylation sites is 2. The van der Waals surface area contributed by atoms with Crippen LogP contribution in [0.4, 0.5) is 17.1 Å². The molecule has 0 radical (unpaired) electrons. The van der Waals surface area contributed by atoms with Gasteiger partial charge in [0.25, 0.3) is 5.69 Å². The number of Topliss-reactive ketones (excluding diaryl/α,β-unsaturated/α-hetero) is 2. The number of nitro groups is 1. The third kappa shape index (κ3) is 3.63. The van der Waals surface area contributed by atoms with Crippen LogP contribution in [0.25, 0.3) is 6.08 Å². The second-order valence-electron chi connectivity index (χ2n) is 10.6. The predicted octanol–water partition coefficient (Wildman–Crippen LogP) is 6.21. The quantitative estimate of drug-likeness (QED) is 0.161. The van der Waals surface area contributed by atoms with Gasteiger partial charge in [0.1, 0.15) is 11.5 Å². The monoisotopic (exact) mass is 619 g/mol. The van der Waals surface area contributed by atoms with Crippen molar-refractivity contribution in [3.63, 3.8) is 0 Å². The summed E-state index contributed by atoms with van der Waals surface area (Å²) in [4.78, 5) is 56.8. The molecule has 1 fully saturated rings. The molecule has 7 rings (SSSR count). The fourth-order valence-corrected chi connectivity index (χ4v) is 7.13. The molecule has 206 valence electrons. The molecule has 1 saturated heterocycles. The van der Waals surface area contributed by atoms with Crippen LogP contribution in [0.1, 0.15) is 31.8 Å². The fraction of sp³-hybridized carbons (Fsp3) is 0.121. The first-order valence-electron chi connectivity index (χ1n) is 13.4. The number of benzene rings is 4. The molecule has 1 spiro atoms. The number of non-ortho nitro benzene ring substituents is 1. The Morgan fingerprint density at radius 1 is 0.881 bits per heavy atom. The van der Waals surface area contributed by atoms with Crippen molar-refractivity contribution >= 4 is 56.5 Å². The minimum absolute atomic E-state index is 0.106. The number of anilines is 2. The topological polar surface area (TPSA) is 110 Å². The smallest absolute Gasteiger partial charge is 0.270 e. The van der Waals surface area contributed by atoms with E-state index in [1.165, 1.54) is 24.3 Å². The van der Waals surface area contributed by atoms with Crippen molar-refractivity contribution in [1.29, 1.82) is 0 Å². The second-order valence-corrected chi connectivity index (χ2v) is 11.5. The van der Waals surface area contributed by atoms with Crippen molar-refractivity contribution in [2.75, 3.05) is 10.2 Å². The summed E-state index contributed by atoms with van der Waals surface area (Å²) < 4.78 is 0.798. The zero-order valence-corrected chi connectivity index (χ0v) is 23.5. The number of hydrogen-bond donors (Lipinski definition) is 1. The number of rotatable bonds is 5. The lowest BCUT2D eigenvalue weighted by atomic mass is 9.63. The first-order valence-corrected chi connectivity index (χ1v) is 14.2. The number of fused-ring (bicyclic) bond motifs is 5. The van der Waals surface area contributed by atoms with Gasteiger partial charge in [0, 0.05) is 39.1 Å². The van der Waals surface area contributed by atoms with Crippen LogP contribution in [0, 0.1) is 16.0 Å². The molecular formula is C33H22BrN3O5. The van der Waals surface area contributed by atoms with E-state index in [2.05, 4.69) is 21.2 Å². The van der Waals surface area contributed by atoms with Gasteiger partial charge in [0.05, 0.1) is 16.9 Å². The lowest BCUT2D eigenvalue weighted by Crippen LogP contribution is -2.55. The molecule has 4 aromatic rings. The van der Waals surface area contributed by atoms with E-state index >= 15 is 0 Å². The van der Waals surface area contributed by atoms with Gasteiger partial charge in [-0.05, 0) is 35.4 Å². The van der Waals surface area contributed by atoms with Crippen molar-refractivity contribution in [3.8, 4) is 0 Å². The lowest BCUT2D eigenvalue weighted by Gasteiger charge is -2.37. The highest BCUT2D eigenvalue weighted by Crippen LogP contribution is 2.58. The van der Waals surface area contributed by atoms with Crippen LogP contribution in [-0.2, 0) is 10.2 Å². The number of hydrogen-bond acceptors (Lipinski definition) is 6. The van der Waals surface area contributed by atoms with Crippen molar-refractivity contribution in [1.82, 2.24) is 0 Å². The minimum atomic E-state index is -1.63. The van der Waals surface area contributed by atoms with E-state index in [-0.39, 0.29) is 17.0 Å². The van der Waals surface area contributed by atoms with Gasteiger partial charge in [-0.15, -0.1) is 0 Å². The summed E-state index contributed by atoms with van der Waals surface area (Å²) in [6.07, 6.45) is 3.77. The Kier molecular flexibility index (Phi) is 5.95. The van der Waals surface area contributed by atoms with Gasteiger partial charge in [0.2, 0.25) is 5.91 Å². The number of ketones is 2. The highest BCUT2D eigenvalue weighted by Gasteiger charge is 2.71. The molecule has 0 saturated carbocycles. The Morgan fingerprint density at radius 2 is 1.62 bits per heavy atom. The number of halogens is 1. The zero-order valence-electron chi connectivity index (χ0n) is 21.9. The van der Waals surface area contributed by atoms with Crippen LogP contribution >= 0.6 is 15.9 Å². The van der Waals surface area contributed by atoms with Crippen LogP contribution in [0.15, 0.2) is 108 Å². The average Bonchev–Trinajstić information content (AvgIpc) is 3.48. The Morgan fingerprint density at radius 3 is 2.40 bits per heavy atom. The van der Waals surface area contributed by atoms with Crippen LogP contribution in [0.5, 0.6) is 0 Å². The van der Waals surface area contributed by atoms with E-state index in [1.807, 2.05) is 41.3 Å². The maximum atomic E-state index is 14.7. The van der Waals surface area contributed by atoms with Gasteiger partial charge in [-0.2, -0.15) is 0 Å². The third-order valence-electron chi connectivity index (χ3n) is 8.55. The van der Waals surface area contributed by atoms with E-state index in [0.29, 0.717) is 16.8 Å². The van der Waals surface area contributed by atoms with E-state index in [4.69, 9.17) is 0 Å². The summed E-state index contributed by atoms with van der Waals surface area (Å²) in [7, 11) is 0. The van der Waals surface area contributed by atoms with Gasteiger partial charge >= 0.3 is 0 Å². The maximum absolute atomic E-state index is 14.7. The van der Waals surface area contributed by atoms with Gasteiger partial charge in [-0.1, -0.05) is 88.7 Å². The summed E-state index contributed by atoms with van der Waals surface area (Å²) >= 11 is 3.43. The largest absolute Gasteiger partial charge is 0.352 e. The number of carbonyl (C=O) groups is 3. The third-order valence-corrected chi connectivity index (χ3v) is 9.08. The van der Waals surface area contributed by atoms with E-state index in [1.54, 1.807) is 48.5 Å². The number of amides is 1. The second kappa shape index (κ2) is 9.60. The molecule has 42 heavy (non-hydrogen) atoms. The minimum Gasteiger partial charge on any atom is -0.352 e. The Labute approximate surface area is 248 Å². The first-order chi connectivity index (χ1) is 20.3. The highest BCUT2D eigenvalue weighted by molar-refractivity contribution is 9.10. The molecule has 0 aromatic heterocycles. The molecular weight excluding hydrogens is 598 g/mol. The standard InChI is InChI=1S/C33H22BrN3O5/c34-22-15-12-20(13-16-22)30(39)31-33(24-9-2-3-10-25(24)35-32(33)40)28(29(38)21-7-5-8-23(18-21)37(41)42)27-17-14-19-6-1-4-11-26(19)36(27)31/h1-18,27-28,31H,(H,35,40)/t27-,28-,31+,33-/m0/s1. The van der Waals surface area contributed by atoms with Crippen molar-refractivity contribution in [2.45, 2.75) is 17.5 Å². The van der Waals surface area contributed by atoms with E-state index < -0.39 is 40.0 Å². The van der Waals surface area contributed by atoms with Gasteiger partial charge in [-0.3, -0.25) is 24.5 Å². The Bertz CT molecular complexity index is 1850. The van der Waals surface area contributed by atoms with Crippen LogP contribution < -0.4 is 10.2 Å². The number of nitrogens with zero attached hydrogens (tertiary/aromatic N) is 2. The number of nitrogens with one attached hydrogen (secondary N) is 1. The Balaban J connectivity index is 1.53. The molecule has 1 amide bonds. The molecule has 3 aliphatic heterocycles. The summed E-state index contributed by atoms with van der Waals surface area (Å²) in [6.45, 7) is 0. The molecule has 0 aliphatic carbocycles. The molecule has 3 heterocycles. The molecule has 0 bridgehead atoms. The highest BCUT2D eigenvalue weighted by atomic mass is 79.9. The summed E-state index contributed by atoms with van der Waals surface area (Å²) in [5.41, 5.74) is 1.31. The van der Waals surface area contributed by atoms with Crippen molar-refractivity contribution in [3.05, 3.63) is 140 Å². The average molecular weight is 620 g/mol. The van der Waals surface area contributed by atoms with Crippen LogP contribution in [0.3, 0.4) is 0 Å². The maximum Gasteiger partial charge on any atom is 0.270 e. The lowest BCUT2D eigenvalue weighted by molar-refractivity contribution is -0.384. The Hall–Kier alpha value is -4.89. The fourth-order valence-electron chi connectivity index (χ4n) is 6.86. The normalized spacial score (nSPS) is 23.2. The molecule has 1 N–H and O–H groups in total. The van der Waals surface area contributed by atoms with Crippen LogP contribution in [-0.4, -0.2) is 34.5 Å². The molecule has 0 unspecified atom stereocenters. The summed E-state index contributed by atoms with van der Waals surface area (Å²) in [5, 5.41) is 14.6. The molecule has 9 heteroatoms. The summed E-state index contributed by atoms with van der Waals surface area (Å²) in [5.74, 6) is -2.28. The molecule has 4 atom stereocenters. The number of nitro benzene ring substituents is 1. The van der Waals surface area contributed by atoms with E-state index in [9.17, 15) is 24.5 Å². The first kappa shape index (κ1) is 26.0. The predicted molar refractivity (Wildman–Crippen MR) is 162 cm³/mol.